The van der Waals surface area contributed by atoms with E-state index in [2.05, 4.69) is 0 Å². The summed E-state index contributed by atoms with van der Waals surface area (Å²) in [5.41, 5.74) is -0.560. The van der Waals surface area contributed by atoms with Gasteiger partial charge in [-0.15, -0.1) is 8.39 Å². The Morgan fingerprint density at radius 2 is 1.82 bits per heavy atom. The summed E-state index contributed by atoms with van der Waals surface area (Å²) in [6, 6.07) is 0. The summed E-state index contributed by atoms with van der Waals surface area (Å²) in [5.74, 6) is 0.342. The van der Waals surface area contributed by atoms with Crippen molar-refractivity contribution in [2.45, 2.75) is 20.8 Å². The Labute approximate surface area is 70.0 Å². The summed E-state index contributed by atoms with van der Waals surface area (Å²) in [7, 11) is -5.11. The predicted octanol–water partition coefficient (Wildman–Crippen LogP) is 4.24. The molecular formula is C6H10ClF2OP. The van der Waals surface area contributed by atoms with Gasteiger partial charge in [0.25, 0.3) is 0 Å². The fourth-order valence-corrected chi connectivity index (χ4v) is 1.32. The van der Waals surface area contributed by atoms with Gasteiger partial charge in [0.1, 0.15) is 0 Å². The highest BCUT2D eigenvalue weighted by Crippen LogP contribution is 2.53. The van der Waals surface area contributed by atoms with Gasteiger partial charge in [0.2, 0.25) is 0 Å². The summed E-state index contributed by atoms with van der Waals surface area (Å²) >= 11 is 5.45. The third kappa shape index (κ3) is 5.40. The standard InChI is InChI=1S/C6H10ClF2OP/c1-6(2,3)5(7)4-11(8,9)10/h4H,1-3H3/b5-4+. The average molecular weight is 203 g/mol. The van der Waals surface area contributed by atoms with Crippen LogP contribution in [-0.4, -0.2) is 0 Å². The van der Waals surface area contributed by atoms with E-state index in [-0.39, 0.29) is 5.03 Å². The van der Waals surface area contributed by atoms with Gasteiger partial charge in [0, 0.05) is 5.03 Å². The summed E-state index contributed by atoms with van der Waals surface area (Å²) in [5, 5.41) is -0.0640. The largest absolute Gasteiger partial charge is 0.427 e. The quantitative estimate of drug-likeness (QED) is 0.581. The van der Waals surface area contributed by atoms with Crippen LogP contribution in [-0.2, 0) is 4.57 Å². The van der Waals surface area contributed by atoms with Crippen LogP contribution in [0.15, 0.2) is 10.8 Å². The van der Waals surface area contributed by atoms with Crippen LogP contribution in [0.2, 0.25) is 0 Å². The lowest BCUT2D eigenvalue weighted by Crippen LogP contribution is -2.03. The first-order valence-corrected chi connectivity index (χ1v) is 4.94. The summed E-state index contributed by atoms with van der Waals surface area (Å²) in [6.07, 6.45) is 0. The molecule has 0 aromatic carbocycles. The minimum Gasteiger partial charge on any atom is -0.245 e. The topological polar surface area (TPSA) is 17.1 Å². The minimum absolute atomic E-state index is 0.0640. The third-order valence-corrected chi connectivity index (χ3v) is 2.37. The fourth-order valence-electron chi connectivity index (χ4n) is 0.326. The molecule has 0 fully saturated rings. The Hall–Kier alpha value is 0.120. The number of allylic oxidation sites excluding steroid dienone is 1. The van der Waals surface area contributed by atoms with E-state index >= 15 is 0 Å². The van der Waals surface area contributed by atoms with Gasteiger partial charge in [-0.05, 0) is 5.41 Å². The SMILES string of the molecule is CC(C)(C)/C(Cl)=C\P(=O)(F)F. The van der Waals surface area contributed by atoms with Crippen molar-refractivity contribution in [3.63, 3.8) is 0 Å². The first-order chi connectivity index (χ1) is 4.63. The lowest BCUT2D eigenvalue weighted by Gasteiger charge is -2.16. The second-order valence-corrected chi connectivity index (χ2v) is 4.90. The van der Waals surface area contributed by atoms with Gasteiger partial charge in [-0.3, -0.25) is 0 Å². The molecule has 1 nitrogen and oxygen atoms in total. The number of hydrogen-bond acceptors (Lipinski definition) is 1. The van der Waals surface area contributed by atoms with Crippen LogP contribution >= 0.6 is 19.4 Å². The van der Waals surface area contributed by atoms with E-state index in [0.29, 0.717) is 5.82 Å². The lowest BCUT2D eigenvalue weighted by molar-refractivity contribution is 0.500. The van der Waals surface area contributed by atoms with Crippen LogP contribution in [0, 0.1) is 5.41 Å². The zero-order valence-corrected chi connectivity index (χ0v) is 8.22. The second kappa shape index (κ2) is 3.24. The minimum atomic E-state index is -5.11. The number of halogens is 3. The van der Waals surface area contributed by atoms with Crippen LogP contribution in [0.5, 0.6) is 0 Å². The van der Waals surface area contributed by atoms with E-state index in [1.165, 1.54) is 0 Å². The Kier molecular flexibility index (Phi) is 3.27. The summed E-state index contributed by atoms with van der Waals surface area (Å²) in [4.78, 5) is 0. The molecular weight excluding hydrogens is 192 g/mol. The van der Waals surface area contributed by atoms with Crippen molar-refractivity contribution in [3.05, 3.63) is 10.8 Å². The molecule has 0 aromatic heterocycles. The van der Waals surface area contributed by atoms with E-state index in [9.17, 15) is 13.0 Å². The molecule has 5 heteroatoms. The number of rotatable bonds is 1. The smallest absolute Gasteiger partial charge is 0.245 e. The van der Waals surface area contributed by atoms with Crippen LogP contribution in [0.1, 0.15) is 20.8 Å². The molecule has 11 heavy (non-hydrogen) atoms. The van der Waals surface area contributed by atoms with E-state index in [1.807, 2.05) is 0 Å². The van der Waals surface area contributed by atoms with Gasteiger partial charge >= 0.3 is 7.76 Å². The summed E-state index contributed by atoms with van der Waals surface area (Å²) in [6.45, 7) is 5.00. The van der Waals surface area contributed by atoms with Crippen molar-refractivity contribution in [1.82, 2.24) is 0 Å². The first-order valence-electron chi connectivity index (χ1n) is 3.01. The highest BCUT2D eigenvalue weighted by molar-refractivity contribution is 7.56. The lowest BCUT2D eigenvalue weighted by atomic mass is 9.97. The molecule has 66 valence electrons. The predicted molar refractivity (Wildman–Crippen MR) is 43.2 cm³/mol. The Morgan fingerprint density at radius 1 is 1.45 bits per heavy atom. The first kappa shape index (κ1) is 11.1. The van der Waals surface area contributed by atoms with Crippen molar-refractivity contribution < 1.29 is 13.0 Å². The van der Waals surface area contributed by atoms with Gasteiger partial charge in [-0.1, -0.05) is 32.4 Å². The van der Waals surface area contributed by atoms with E-state index in [4.69, 9.17) is 11.6 Å². The maximum absolute atomic E-state index is 11.9. The maximum Gasteiger partial charge on any atom is 0.427 e. The highest BCUT2D eigenvalue weighted by atomic mass is 35.5. The van der Waals surface area contributed by atoms with Crippen molar-refractivity contribution >= 4 is 19.4 Å². The van der Waals surface area contributed by atoms with Crippen molar-refractivity contribution in [2.75, 3.05) is 0 Å². The van der Waals surface area contributed by atoms with Crippen LogP contribution in [0.4, 0.5) is 8.39 Å². The molecule has 0 saturated carbocycles. The van der Waals surface area contributed by atoms with E-state index < -0.39 is 13.2 Å². The molecule has 0 bridgehead atoms. The van der Waals surface area contributed by atoms with Crippen molar-refractivity contribution in [3.8, 4) is 0 Å². The normalized spacial score (nSPS) is 15.3. The van der Waals surface area contributed by atoms with E-state index in [1.54, 1.807) is 20.8 Å². The molecule has 0 aromatic rings. The Morgan fingerprint density at radius 3 is 1.91 bits per heavy atom. The fraction of sp³-hybridized carbons (Fsp3) is 0.667. The zero-order chi connectivity index (χ0) is 9.28. The van der Waals surface area contributed by atoms with Gasteiger partial charge in [-0.25, -0.2) is 4.57 Å². The molecule has 0 saturated heterocycles. The molecule has 0 spiro atoms. The van der Waals surface area contributed by atoms with E-state index in [0.717, 1.165) is 0 Å². The summed E-state index contributed by atoms with van der Waals surface area (Å²) < 4.78 is 33.8. The molecule has 0 heterocycles. The zero-order valence-electron chi connectivity index (χ0n) is 6.57. The van der Waals surface area contributed by atoms with Crippen LogP contribution in [0.3, 0.4) is 0 Å². The molecule has 0 aliphatic carbocycles. The third-order valence-electron chi connectivity index (χ3n) is 0.980. The molecule has 0 N–H and O–H groups in total. The highest BCUT2D eigenvalue weighted by Gasteiger charge is 2.22. The average Bonchev–Trinajstić information content (AvgIpc) is 1.56. The molecule has 0 aliphatic heterocycles. The van der Waals surface area contributed by atoms with Crippen molar-refractivity contribution in [1.29, 1.82) is 0 Å². The maximum atomic E-state index is 11.9. The monoisotopic (exact) mass is 202 g/mol. The van der Waals surface area contributed by atoms with Crippen LogP contribution in [0.25, 0.3) is 0 Å². The van der Waals surface area contributed by atoms with Gasteiger partial charge in [0.15, 0.2) is 0 Å². The van der Waals surface area contributed by atoms with Gasteiger partial charge < -0.3 is 0 Å². The van der Waals surface area contributed by atoms with Crippen molar-refractivity contribution in [2.24, 2.45) is 5.41 Å². The molecule has 0 amide bonds. The number of hydrogen-bond donors (Lipinski definition) is 0. The Bertz CT molecular complexity index is 213. The molecule has 0 atom stereocenters. The molecule has 0 aliphatic rings. The molecule has 0 radical (unpaired) electrons. The second-order valence-electron chi connectivity index (χ2n) is 3.23. The molecule has 0 rings (SSSR count). The van der Waals surface area contributed by atoms with Gasteiger partial charge in [0.05, 0.1) is 5.82 Å². The van der Waals surface area contributed by atoms with Gasteiger partial charge in [-0.2, -0.15) is 0 Å². The van der Waals surface area contributed by atoms with Crippen LogP contribution < -0.4 is 0 Å². The molecule has 0 unspecified atom stereocenters. The Balaban J connectivity index is 4.63.